The highest BCUT2D eigenvalue weighted by molar-refractivity contribution is 5.70. The predicted octanol–water partition coefficient (Wildman–Crippen LogP) is 0.960. The molecule has 3 rings (SSSR count). The molecule has 1 unspecified atom stereocenters. The Morgan fingerprint density at radius 3 is 2.83 bits per heavy atom. The summed E-state index contributed by atoms with van der Waals surface area (Å²) in [6.07, 6.45) is 2.76. The second-order valence-electron chi connectivity index (χ2n) is 5.25. The molecule has 0 aliphatic heterocycles. The van der Waals surface area contributed by atoms with E-state index in [1.807, 2.05) is 30.3 Å². The molecule has 24 heavy (non-hydrogen) atoms. The summed E-state index contributed by atoms with van der Waals surface area (Å²) >= 11 is 0. The van der Waals surface area contributed by atoms with Crippen LogP contribution in [0.15, 0.2) is 42.9 Å². The number of aliphatic hydroxyl groups is 1. The van der Waals surface area contributed by atoms with Gasteiger partial charge in [-0.3, -0.25) is 0 Å². The minimum atomic E-state index is -0.430. The third-order valence-electron chi connectivity index (χ3n) is 3.47. The standard InChI is InChI=1S/C16H19N5O3/c17-16-18-6-14-15(20-16)19-10-21(14)11-24-13(7-22)9-23-8-12-4-2-1-3-5-12/h1-6,10,13,22H,7-9,11H2,(H2,17,18,20). The number of nitrogen functional groups attached to an aromatic ring is 1. The summed E-state index contributed by atoms with van der Waals surface area (Å²) < 4.78 is 13.0. The molecule has 0 aliphatic rings. The molecule has 0 amide bonds. The van der Waals surface area contributed by atoms with E-state index in [2.05, 4.69) is 15.0 Å². The summed E-state index contributed by atoms with van der Waals surface area (Å²) in [4.78, 5) is 12.1. The summed E-state index contributed by atoms with van der Waals surface area (Å²) in [5.41, 5.74) is 7.82. The van der Waals surface area contributed by atoms with Crippen LogP contribution >= 0.6 is 0 Å². The molecule has 1 atom stereocenters. The normalized spacial score (nSPS) is 12.5. The summed E-state index contributed by atoms with van der Waals surface area (Å²) in [7, 11) is 0. The van der Waals surface area contributed by atoms with Gasteiger partial charge in [0.05, 0.1) is 32.3 Å². The van der Waals surface area contributed by atoms with Gasteiger partial charge in [0.1, 0.15) is 18.4 Å². The average Bonchev–Trinajstić information content (AvgIpc) is 3.01. The molecule has 3 N–H and O–H groups in total. The minimum absolute atomic E-state index is 0.134. The van der Waals surface area contributed by atoms with E-state index in [9.17, 15) is 5.11 Å². The zero-order valence-electron chi connectivity index (χ0n) is 13.1. The molecule has 0 bridgehead atoms. The van der Waals surface area contributed by atoms with Crippen molar-refractivity contribution in [3.8, 4) is 0 Å². The summed E-state index contributed by atoms with van der Waals surface area (Å²) in [5.74, 6) is 0.177. The van der Waals surface area contributed by atoms with Crippen LogP contribution in [-0.4, -0.2) is 43.9 Å². The highest BCUT2D eigenvalue weighted by Crippen LogP contribution is 2.11. The monoisotopic (exact) mass is 329 g/mol. The van der Waals surface area contributed by atoms with Gasteiger partial charge in [0, 0.05) is 0 Å². The van der Waals surface area contributed by atoms with Crippen molar-refractivity contribution in [2.45, 2.75) is 19.4 Å². The molecule has 0 fully saturated rings. The molecule has 3 aromatic rings. The zero-order chi connectivity index (χ0) is 16.8. The maximum absolute atomic E-state index is 9.43. The number of fused-ring (bicyclic) bond motifs is 1. The third kappa shape index (κ3) is 4.05. The smallest absolute Gasteiger partial charge is 0.222 e. The number of rotatable bonds is 8. The number of benzene rings is 1. The van der Waals surface area contributed by atoms with Crippen LogP contribution in [0.25, 0.3) is 11.2 Å². The zero-order valence-corrected chi connectivity index (χ0v) is 13.1. The Morgan fingerprint density at radius 2 is 2.04 bits per heavy atom. The van der Waals surface area contributed by atoms with Gasteiger partial charge in [0.25, 0.3) is 0 Å². The molecule has 0 spiro atoms. The van der Waals surface area contributed by atoms with Crippen molar-refractivity contribution in [1.82, 2.24) is 19.5 Å². The first kappa shape index (κ1) is 16.3. The maximum atomic E-state index is 9.43. The van der Waals surface area contributed by atoms with Gasteiger partial charge in [-0.15, -0.1) is 0 Å². The molecule has 0 saturated heterocycles. The van der Waals surface area contributed by atoms with Crippen LogP contribution in [0.1, 0.15) is 5.56 Å². The largest absolute Gasteiger partial charge is 0.394 e. The molecule has 0 radical (unpaired) electrons. The van der Waals surface area contributed by atoms with E-state index in [1.165, 1.54) is 0 Å². The highest BCUT2D eigenvalue weighted by atomic mass is 16.5. The number of nitrogens with two attached hydrogens (primary N) is 1. The quantitative estimate of drug-likeness (QED) is 0.633. The Morgan fingerprint density at radius 1 is 1.21 bits per heavy atom. The molecule has 1 aromatic carbocycles. The van der Waals surface area contributed by atoms with Gasteiger partial charge < -0.3 is 24.9 Å². The number of ether oxygens (including phenoxy) is 2. The molecule has 0 aliphatic carbocycles. The van der Waals surface area contributed by atoms with Crippen LogP contribution in [-0.2, 0) is 22.8 Å². The second kappa shape index (κ2) is 7.82. The number of nitrogens with zero attached hydrogens (tertiary/aromatic N) is 4. The number of aromatic nitrogens is 4. The van der Waals surface area contributed by atoms with E-state index in [-0.39, 0.29) is 19.3 Å². The van der Waals surface area contributed by atoms with Gasteiger partial charge in [-0.25, -0.2) is 9.97 Å². The van der Waals surface area contributed by atoms with Gasteiger partial charge in [0.15, 0.2) is 5.65 Å². The van der Waals surface area contributed by atoms with Crippen molar-refractivity contribution in [2.24, 2.45) is 0 Å². The average molecular weight is 329 g/mol. The summed E-state index contributed by atoms with van der Waals surface area (Å²) in [6.45, 7) is 0.845. The number of imidazole rings is 1. The number of hydrogen-bond acceptors (Lipinski definition) is 7. The van der Waals surface area contributed by atoms with Crippen molar-refractivity contribution in [1.29, 1.82) is 0 Å². The first-order chi connectivity index (χ1) is 11.8. The van der Waals surface area contributed by atoms with Crippen LogP contribution in [0.5, 0.6) is 0 Å². The number of hydrogen-bond donors (Lipinski definition) is 2. The maximum Gasteiger partial charge on any atom is 0.222 e. The number of anilines is 1. The van der Waals surface area contributed by atoms with Gasteiger partial charge in [0.2, 0.25) is 5.95 Å². The fourth-order valence-corrected chi connectivity index (χ4v) is 2.19. The lowest BCUT2D eigenvalue weighted by Gasteiger charge is -2.16. The Balaban J connectivity index is 1.51. The molecule has 8 heteroatoms. The van der Waals surface area contributed by atoms with Crippen LogP contribution < -0.4 is 5.73 Å². The Labute approximate surface area is 138 Å². The van der Waals surface area contributed by atoms with E-state index >= 15 is 0 Å². The molecule has 8 nitrogen and oxygen atoms in total. The van der Waals surface area contributed by atoms with E-state index in [4.69, 9.17) is 15.2 Å². The molecule has 126 valence electrons. The summed E-state index contributed by atoms with van der Waals surface area (Å²) in [6, 6.07) is 9.83. The van der Waals surface area contributed by atoms with Crippen molar-refractivity contribution < 1.29 is 14.6 Å². The van der Waals surface area contributed by atoms with Crippen molar-refractivity contribution in [3.05, 3.63) is 48.4 Å². The lowest BCUT2D eigenvalue weighted by molar-refractivity contribution is -0.0696. The highest BCUT2D eigenvalue weighted by Gasteiger charge is 2.11. The fraction of sp³-hybridized carbons (Fsp3) is 0.312. The Bertz CT molecular complexity index is 778. The molecule has 0 saturated carbocycles. The SMILES string of the molecule is Nc1ncc2c(ncn2COC(CO)COCc2ccccc2)n1. The lowest BCUT2D eigenvalue weighted by Crippen LogP contribution is -2.25. The Kier molecular flexibility index (Phi) is 5.32. The van der Waals surface area contributed by atoms with E-state index in [1.54, 1.807) is 17.1 Å². The minimum Gasteiger partial charge on any atom is -0.394 e. The van der Waals surface area contributed by atoms with Gasteiger partial charge >= 0.3 is 0 Å². The van der Waals surface area contributed by atoms with E-state index in [0.717, 1.165) is 5.56 Å². The lowest BCUT2D eigenvalue weighted by atomic mass is 10.2. The van der Waals surface area contributed by atoms with E-state index < -0.39 is 6.10 Å². The van der Waals surface area contributed by atoms with Crippen molar-refractivity contribution >= 4 is 17.1 Å². The third-order valence-corrected chi connectivity index (χ3v) is 3.47. The van der Waals surface area contributed by atoms with Gasteiger partial charge in [-0.2, -0.15) is 4.98 Å². The molecular weight excluding hydrogens is 310 g/mol. The Hall–Kier alpha value is -2.55. The second-order valence-corrected chi connectivity index (χ2v) is 5.25. The van der Waals surface area contributed by atoms with Crippen LogP contribution in [0.2, 0.25) is 0 Å². The molecule has 2 heterocycles. The van der Waals surface area contributed by atoms with Crippen LogP contribution in [0.4, 0.5) is 5.95 Å². The number of aliphatic hydroxyl groups excluding tert-OH is 1. The van der Waals surface area contributed by atoms with Gasteiger partial charge in [-0.05, 0) is 5.56 Å². The predicted molar refractivity (Wildman–Crippen MR) is 87.8 cm³/mol. The molecular formula is C16H19N5O3. The van der Waals surface area contributed by atoms with Gasteiger partial charge in [-0.1, -0.05) is 30.3 Å². The van der Waals surface area contributed by atoms with Crippen LogP contribution in [0.3, 0.4) is 0 Å². The first-order valence-electron chi connectivity index (χ1n) is 7.53. The first-order valence-corrected chi connectivity index (χ1v) is 7.53. The van der Waals surface area contributed by atoms with Crippen molar-refractivity contribution in [3.63, 3.8) is 0 Å². The molecule has 2 aromatic heterocycles. The van der Waals surface area contributed by atoms with Crippen molar-refractivity contribution in [2.75, 3.05) is 18.9 Å². The fourth-order valence-electron chi connectivity index (χ4n) is 2.19. The van der Waals surface area contributed by atoms with E-state index in [0.29, 0.717) is 24.4 Å². The van der Waals surface area contributed by atoms with Crippen LogP contribution in [0, 0.1) is 0 Å². The topological polar surface area (TPSA) is 108 Å². The summed E-state index contributed by atoms with van der Waals surface area (Å²) in [5, 5.41) is 9.43.